The molecule has 30 heavy (non-hydrogen) atoms. The number of fused-ring (bicyclic) bond motifs is 5. The maximum atomic E-state index is 12.9. The van der Waals surface area contributed by atoms with Crippen LogP contribution in [0.4, 0.5) is 0 Å². The molecule has 0 spiro atoms. The van der Waals surface area contributed by atoms with E-state index in [0.29, 0.717) is 12.8 Å². The summed E-state index contributed by atoms with van der Waals surface area (Å²) < 4.78 is 5.69. The second-order valence-corrected chi connectivity index (χ2v) is 10.7. The molecule has 0 saturated heterocycles. The van der Waals surface area contributed by atoms with Gasteiger partial charge in [0.15, 0.2) is 12.4 Å². The van der Waals surface area contributed by atoms with Crippen molar-refractivity contribution < 1.29 is 29.3 Å². The fourth-order valence-electron chi connectivity index (χ4n) is 7.14. The van der Waals surface area contributed by atoms with Crippen molar-refractivity contribution in [2.45, 2.75) is 64.6 Å². The van der Waals surface area contributed by atoms with Crippen LogP contribution in [0.3, 0.4) is 0 Å². The minimum atomic E-state index is -1.62. The summed E-state index contributed by atoms with van der Waals surface area (Å²) in [4.78, 5) is 36.1. The summed E-state index contributed by atoms with van der Waals surface area (Å²) in [5.74, 6) is -0.993. The molecule has 4 aliphatic carbocycles. The minimum Gasteiger partial charge on any atom is -0.458 e. The van der Waals surface area contributed by atoms with Crippen LogP contribution in [-0.2, 0) is 19.1 Å². The maximum Gasteiger partial charge on any atom is 0.303 e. The van der Waals surface area contributed by atoms with Crippen LogP contribution in [0.15, 0.2) is 22.2 Å². The molecule has 0 aromatic rings. The van der Waals surface area contributed by atoms with Gasteiger partial charge in [0, 0.05) is 28.2 Å². The highest BCUT2D eigenvalue weighted by molar-refractivity contribution is 9.11. The molecule has 0 amide bonds. The van der Waals surface area contributed by atoms with Gasteiger partial charge in [-0.3, -0.25) is 14.4 Å². The van der Waals surface area contributed by atoms with Gasteiger partial charge in [0.1, 0.15) is 5.60 Å². The molecule has 4 aliphatic rings. The monoisotopic (exact) mass is 480 g/mol. The van der Waals surface area contributed by atoms with Gasteiger partial charge in [-0.2, -0.15) is 0 Å². The van der Waals surface area contributed by atoms with E-state index in [1.807, 2.05) is 6.92 Å². The van der Waals surface area contributed by atoms with E-state index < -0.39 is 40.9 Å². The van der Waals surface area contributed by atoms with E-state index in [0.717, 1.165) is 22.9 Å². The van der Waals surface area contributed by atoms with Gasteiger partial charge in [0.2, 0.25) is 5.78 Å². The Kier molecular flexibility index (Phi) is 5.19. The van der Waals surface area contributed by atoms with Gasteiger partial charge in [-0.25, -0.2) is 0 Å². The van der Waals surface area contributed by atoms with Gasteiger partial charge in [0.05, 0.1) is 6.10 Å². The van der Waals surface area contributed by atoms with Crippen molar-refractivity contribution in [1.29, 1.82) is 0 Å². The lowest BCUT2D eigenvalue weighted by Crippen LogP contribution is -2.62. The number of rotatable bonds is 3. The Morgan fingerprint density at radius 2 is 1.97 bits per heavy atom. The molecule has 0 heterocycles. The molecule has 0 bridgehead atoms. The summed E-state index contributed by atoms with van der Waals surface area (Å²) in [5.41, 5.74) is -1.82. The highest BCUT2D eigenvalue weighted by atomic mass is 79.9. The Balaban J connectivity index is 1.69. The second kappa shape index (κ2) is 7.10. The Labute approximate surface area is 184 Å². The maximum absolute atomic E-state index is 12.9. The molecule has 0 radical (unpaired) electrons. The second-order valence-electron chi connectivity index (χ2n) is 9.89. The first-order chi connectivity index (χ1) is 13.9. The molecule has 0 aromatic carbocycles. The number of hydrogen-bond acceptors (Lipinski definition) is 6. The Morgan fingerprint density at radius 1 is 1.27 bits per heavy atom. The molecular formula is C23H29BrO6. The number of aliphatic hydroxyl groups is 2. The molecule has 3 saturated carbocycles. The lowest BCUT2D eigenvalue weighted by Gasteiger charge is -2.60. The summed E-state index contributed by atoms with van der Waals surface area (Å²) in [6.45, 7) is 4.78. The summed E-state index contributed by atoms with van der Waals surface area (Å²) in [5, 5.41) is 22.9. The van der Waals surface area contributed by atoms with Crippen molar-refractivity contribution in [2.75, 3.05) is 6.61 Å². The highest BCUT2D eigenvalue weighted by Crippen LogP contribution is 2.68. The van der Waals surface area contributed by atoms with Crippen LogP contribution in [0.2, 0.25) is 0 Å². The molecule has 3 fully saturated rings. The van der Waals surface area contributed by atoms with Crippen molar-refractivity contribution in [3.63, 3.8) is 0 Å². The molecule has 164 valence electrons. The molecule has 0 aromatic heterocycles. The Hall–Kier alpha value is -1.31. The third-order valence-electron chi connectivity index (χ3n) is 8.64. The van der Waals surface area contributed by atoms with Crippen LogP contribution in [0, 0.1) is 28.6 Å². The van der Waals surface area contributed by atoms with Gasteiger partial charge >= 0.3 is 5.97 Å². The fraction of sp³-hybridized carbons (Fsp3) is 0.696. The fourth-order valence-corrected chi connectivity index (χ4v) is 7.88. The number of aliphatic hydroxyl groups excluding tert-OH is 1. The lowest BCUT2D eigenvalue weighted by atomic mass is 9.46. The van der Waals surface area contributed by atoms with Crippen molar-refractivity contribution in [1.82, 2.24) is 0 Å². The van der Waals surface area contributed by atoms with Crippen LogP contribution in [0.1, 0.15) is 52.9 Å². The third-order valence-corrected chi connectivity index (χ3v) is 9.69. The van der Waals surface area contributed by atoms with Gasteiger partial charge in [-0.15, -0.1) is 0 Å². The Morgan fingerprint density at radius 3 is 2.63 bits per heavy atom. The predicted molar refractivity (Wildman–Crippen MR) is 112 cm³/mol. The van der Waals surface area contributed by atoms with E-state index >= 15 is 0 Å². The van der Waals surface area contributed by atoms with E-state index in [1.165, 1.54) is 6.92 Å². The molecule has 0 aliphatic heterocycles. The van der Waals surface area contributed by atoms with E-state index in [4.69, 9.17) is 4.74 Å². The average molecular weight is 481 g/mol. The van der Waals surface area contributed by atoms with Crippen molar-refractivity contribution in [3.05, 3.63) is 22.2 Å². The molecular weight excluding hydrogens is 452 g/mol. The van der Waals surface area contributed by atoms with E-state index in [2.05, 4.69) is 22.9 Å². The molecule has 2 N–H and O–H groups in total. The van der Waals surface area contributed by atoms with Crippen LogP contribution in [-0.4, -0.2) is 46.1 Å². The zero-order valence-electron chi connectivity index (χ0n) is 17.6. The summed E-state index contributed by atoms with van der Waals surface area (Å²) >= 11 is 3.62. The molecule has 7 heteroatoms. The quantitative estimate of drug-likeness (QED) is 0.602. The van der Waals surface area contributed by atoms with Gasteiger partial charge < -0.3 is 14.9 Å². The topological polar surface area (TPSA) is 101 Å². The minimum absolute atomic E-state index is 0.0331. The smallest absolute Gasteiger partial charge is 0.303 e. The van der Waals surface area contributed by atoms with Crippen LogP contribution in [0.5, 0.6) is 0 Å². The van der Waals surface area contributed by atoms with Crippen molar-refractivity contribution in [2.24, 2.45) is 28.6 Å². The third kappa shape index (κ3) is 2.84. The molecule has 6 nitrogen and oxygen atoms in total. The number of ketones is 2. The standard InChI is InChI=1S/C23H29BrO6/c1-12(25)30-11-19(28)23(29)7-6-16-15-5-4-13-8-14(26)9-18(24)22(13,3)20(15)17(27)10-21(16,23)2/h8-9,15-17,20,27,29H,4-7,10-11H2,1-3H3/t15-,16-,17-,20+,21-,22+,23-/m0/s1. The number of hydrogen-bond donors (Lipinski definition) is 2. The van der Waals surface area contributed by atoms with E-state index in [1.54, 1.807) is 12.2 Å². The zero-order valence-corrected chi connectivity index (χ0v) is 19.2. The van der Waals surface area contributed by atoms with E-state index in [-0.39, 0.29) is 30.0 Å². The van der Waals surface area contributed by atoms with Crippen LogP contribution < -0.4 is 0 Å². The van der Waals surface area contributed by atoms with Crippen molar-refractivity contribution in [3.8, 4) is 0 Å². The summed E-state index contributed by atoms with van der Waals surface area (Å²) in [6, 6.07) is 0. The number of Topliss-reactive ketones (excluding diaryl/α,β-unsaturated/α-hetero) is 1. The number of carbonyl (C=O) groups excluding carboxylic acids is 3. The number of ether oxygens (including phenoxy) is 1. The predicted octanol–water partition coefficient (Wildman–Crippen LogP) is 2.85. The summed E-state index contributed by atoms with van der Waals surface area (Å²) in [7, 11) is 0. The largest absolute Gasteiger partial charge is 0.458 e. The summed E-state index contributed by atoms with van der Waals surface area (Å²) in [6.07, 6.45) is 5.41. The first-order valence-electron chi connectivity index (χ1n) is 10.6. The average Bonchev–Trinajstić information content (AvgIpc) is 2.92. The number of allylic oxidation sites excluding steroid dienone is 4. The first kappa shape index (κ1) is 21.9. The van der Waals surface area contributed by atoms with Crippen molar-refractivity contribution >= 4 is 33.5 Å². The SMILES string of the molecule is CC(=O)OCC(=O)[C@@]1(O)CC[C@H]2[C@@H]3CCC4=CC(=O)C=C(Br)[C@]4(C)[C@H]3[C@@H](O)C[C@@]21C. The highest BCUT2D eigenvalue weighted by Gasteiger charge is 2.68. The molecule has 4 rings (SSSR count). The van der Waals surface area contributed by atoms with Crippen LogP contribution >= 0.6 is 15.9 Å². The van der Waals surface area contributed by atoms with Gasteiger partial charge in [-0.05, 0) is 56.1 Å². The number of halogens is 1. The zero-order chi connectivity index (χ0) is 22.1. The van der Waals surface area contributed by atoms with Gasteiger partial charge in [-0.1, -0.05) is 35.4 Å². The molecule has 0 unspecified atom stereocenters. The first-order valence-corrected chi connectivity index (χ1v) is 11.4. The Bertz CT molecular complexity index is 877. The van der Waals surface area contributed by atoms with Gasteiger partial charge in [0.25, 0.3) is 0 Å². The lowest BCUT2D eigenvalue weighted by molar-refractivity contribution is -0.181. The van der Waals surface area contributed by atoms with Crippen LogP contribution in [0.25, 0.3) is 0 Å². The number of esters is 1. The molecule has 7 atom stereocenters. The number of carbonyl (C=O) groups is 3. The van der Waals surface area contributed by atoms with E-state index in [9.17, 15) is 24.6 Å². The normalized spacial score (nSPS) is 44.9.